The summed E-state index contributed by atoms with van der Waals surface area (Å²) in [7, 11) is 0. The maximum atomic E-state index is 12.6. The van der Waals surface area contributed by atoms with E-state index in [2.05, 4.69) is 14.2 Å². The molecule has 0 unspecified atom stereocenters. The summed E-state index contributed by atoms with van der Waals surface area (Å²) in [5, 5.41) is 4.96. The predicted molar refractivity (Wildman–Crippen MR) is 92.9 cm³/mol. The van der Waals surface area contributed by atoms with Crippen LogP contribution in [0.5, 0.6) is 0 Å². The highest BCUT2D eigenvalue weighted by atomic mass is 127. The molecule has 2 aromatic carbocycles. The Balaban J connectivity index is 2.08. The molecule has 0 atom stereocenters. The summed E-state index contributed by atoms with van der Waals surface area (Å²) in [6, 6.07) is 9.10. The number of carbonyl (C=O) groups is 1. The number of urea groups is 1. The van der Waals surface area contributed by atoms with E-state index in [9.17, 15) is 18.0 Å². The fourth-order valence-electron chi connectivity index (χ4n) is 1.87. The molecule has 122 valence electrons. The van der Waals surface area contributed by atoms with Crippen LogP contribution < -0.4 is 14.2 Å². The minimum Gasteiger partial charge on any atom is -0.328 e. The Morgan fingerprint density at radius 2 is 1.70 bits per heavy atom. The summed E-state index contributed by atoms with van der Waals surface area (Å²) >= 11 is 1.97. The van der Waals surface area contributed by atoms with Gasteiger partial charge in [-0.15, -0.1) is 0 Å². The average molecular weight is 435 g/mol. The molecular formula is C15H13F3IN3O. The SMILES string of the molecule is Cc1ccc(NC(=O)Nc2cccc(C(F)(F)F)c2)cc1NI. The number of nitrogens with one attached hydrogen (secondary N) is 3. The highest BCUT2D eigenvalue weighted by Crippen LogP contribution is 2.30. The third-order valence-electron chi connectivity index (χ3n) is 3.05. The summed E-state index contributed by atoms with van der Waals surface area (Å²) in [6.45, 7) is 1.91. The molecule has 0 saturated heterocycles. The second-order valence-corrected chi connectivity index (χ2v) is 5.32. The van der Waals surface area contributed by atoms with Crippen molar-refractivity contribution in [3.8, 4) is 0 Å². The number of hydrogen-bond donors (Lipinski definition) is 3. The lowest BCUT2D eigenvalue weighted by Gasteiger charge is -2.12. The van der Waals surface area contributed by atoms with Crippen LogP contribution in [-0.4, -0.2) is 6.03 Å². The number of amides is 2. The zero-order valence-corrected chi connectivity index (χ0v) is 14.1. The van der Waals surface area contributed by atoms with E-state index in [-0.39, 0.29) is 5.69 Å². The topological polar surface area (TPSA) is 53.2 Å². The number of benzene rings is 2. The van der Waals surface area contributed by atoms with Gasteiger partial charge in [-0.2, -0.15) is 13.2 Å². The van der Waals surface area contributed by atoms with Crippen molar-refractivity contribution in [1.82, 2.24) is 0 Å². The number of hydrogen-bond acceptors (Lipinski definition) is 2. The highest BCUT2D eigenvalue weighted by molar-refractivity contribution is 14.1. The van der Waals surface area contributed by atoms with E-state index in [0.717, 1.165) is 23.4 Å². The molecule has 0 aliphatic rings. The second kappa shape index (κ2) is 7.07. The van der Waals surface area contributed by atoms with E-state index in [4.69, 9.17) is 0 Å². The van der Waals surface area contributed by atoms with Crippen LogP contribution in [0, 0.1) is 6.92 Å². The Bertz CT molecular complexity index is 719. The molecule has 0 fully saturated rings. The lowest BCUT2D eigenvalue weighted by molar-refractivity contribution is -0.137. The molecular weight excluding hydrogens is 422 g/mol. The van der Waals surface area contributed by atoms with Gasteiger partial charge in [-0.3, -0.25) is 0 Å². The van der Waals surface area contributed by atoms with Gasteiger partial charge >= 0.3 is 12.2 Å². The van der Waals surface area contributed by atoms with Gasteiger partial charge in [0.05, 0.1) is 28.4 Å². The van der Waals surface area contributed by atoms with Crippen molar-refractivity contribution >= 4 is 46.0 Å². The summed E-state index contributed by atoms with van der Waals surface area (Å²) in [4.78, 5) is 11.9. The lowest BCUT2D eigenvalue weighted by atomic mass is 10.2. The third kappa shape index (κ3) is 4.75. The lowest BCUT2D eigenvalue weighted by Crippen LogP contribution is -2.19. The Morgan fingerprint density at radius 1 is 1.04 bits per heavy atom. The molecule has 4 nitrogen and oxygen atoms in total. The molecule has 8 heteroatoms. The van der Waals surface area contributed by atoms with Crippen molar-refractivity contribution in [3.05, 3.63) is 53.6 Å². The van der Waals surface area contributed by atoms with Crippen molar-refractivity contribution in [2.24, 2.45) is 0 Å². The van der Waals surface area contributed by atoms with Gasteiger partial charge in [-0.05, 0) is 42.8 Å². The van der Waals surface area contributed by atoms with Gasteiger partial charge in [0.1, 0.15) is 0 Å². The molecule has 0 heterocycles. The van der Waals surface area contributed by atoms with Crippen LogP contribution in [0.3, 0.4) is 0 Å². The number of halogens is 4. The summed E-state index contributed by atoms with van der Waals surface area (Å²) in [6.07, 6.45) is -4.45. The molecule has 0 spiro atoms. The molecule has 3 N–H and O–H groups in total. The quantitative estimate of drug-likeness (QED) is 0.446. The van der Waals surface area contributed by atoms with Crippen LogP contribution in [0.25, 0.3) is 0 Å². The first-order chi connectivity index (χ1) is 10.8. The first-order valence-corrected chi connectivity index (χ1v) is 7.60. The minimum atomic E-state index is -4.45. The van der Waals surface area contributed by atoms with Crippen molar-refractivity contribution in [1.29, 1.82) is 0 Å². The first kappa shape index (κ1) is 17.4. The number of aryl methyl sites for hydroxylation is 1. The normalized spacial score (nSPS) is 11.0. The Kier molecular flexibility index (Phi) is 5.34. The molecule has 2 rings (SSSR count). The molecule has 0 radical (unpaired) electrons. The van der Waals surface area contributed by atoms with E-state index in [1.165, 1.54) is 12.1 Å². The van der Waals surface area contributed by atoms with Gasteiger partial charge in [-0.1, -0.05) is 12.1 Å². The maximum Gasteiger partial charge on any atom is 0.416 e. The molecule has 2 aromatic rings. The van der Waals surface area contributed by atoms with Gasteiger partial charge in [0, 0.05) is 17.1 Å². The molecule has 0 bridgehead atoms. The third-order valence-corrected chi connectivity index (χ3v) is 3.63. The van der Waals surface area contributed by atoms with E-state index in [0.29, 0.717) is 5.69 Å². The molecule has 0 aliphatic carbocycles. The van der Waals surface area contributed by atoms with E-state index >= 15 is 0 Å². The number of anilines is 3. The Hall–Kier alpha value is -1.97. The maximum absolute atomic E-state index is 12.6. The minimum absolute atomic E-state index is 0.0664. The summed E-state index contributed by atoms with van der Waals surface area (Å²) in [5.74, 6) is 0. The standard InChI is InChI=1S/C15H13F3IN3O/c1-9-5-6-12(8-13(9)22-19)21-14(23)20-11-4-2-3-10(7-11)15(16,17)18/h2-8,22H,1H3,(H2,20,21,23). The van der Waals surface area contributed by atoms with Gasteiger partial charge < -0.3 is 14.2 Å². The first-order valence-electron chi connectivity index (χ1n) is 6.52. The van der Waals surface area contributed by atoms with Gasteiger partial charge in [0.2, 0.25) is 0 Å². The zero-order chi connectivity index (χ0) is 17.0. The average Bonchev–Trinajstić information content (AvgIpc) is 2.48. The Labute approximate surface area is 145 Å². The van der Waals surface area contributed by atoms with Crippen molar-refractivity contribution in [3.63, 3.8) is 0 Å². The predicted octanol–water partition coefficient (Wildman–Crippen LogP) is 5.42. The van der Waals surface area contributed by atoms with E-state index in [1.54, 1.807) is 12.1 Å². The van der Waals surface area contributed by atoms with Crippen LogP contribution in [-0.2, 0) is 6.18 Å². The fraction of sp³-hybridized carbons (Fsp3) is 0.133. The van der Waals surface area contributed by atoms with Gasteiger partial charge in [0.15, 0.2) is 0 Å². The van der Waals surface area contributed by atoms with Crippen LogP contribution >= 0.6 is 22.9 Å². The number of alkyl halides is 3. The van der Waals surface area contributed by atoms with Crippen LogP contribution in [0.15, 0.2) is 42.5 Å². The molecule has 2 amide bonds. The van der Waals surface area contributed by atoms with Crippen molar-refractivity contribution in [2.75, 3.05) is 14.2 Å². The summed E-state index contributed by atoms with van der Waals surface area (Å²) in [5.41, 5.74) is 1.61. The molecule has 0 aliphatic heterocycles. The summed E-state index contributed by atoms with van der Waals surface area (Å²) < 4.78 is 40.9. The molecule has 0 saturated carbocycles. The van der Waals surface area contributed by atoms with Crippen molar-refractivity contribution < 1.29 is 18.0 Å². The molecule has 0 aromatic heterocycles. The largest absolute Gasteiger partial charge is 0.416 e. The van der Waals surface area contributed by atoms with Gasteiger partial charge in [0.25, 0.3) is 0 Å². The van der Waals surface area contributed by atoms with Crippen LogP contribution in [0.2, 0.25) is 0 Å². The smallest absolute Gasteiger partial charge is 0.328 e. The molecule has 23 heavy (non-hydrogen) atoms. The van der Waals surface area contributed by atoms with Gasteiger partial charge in [-0.25, -0.2) is 4.79 Å². The van der Waals surface area contributed by atoms with E-state index < -0.39 is 17.8 Å². The van der Waals surface area contributed by atoms with Crippen LogP contribution in [0.4, 0.5) is 35.0 Å². The monoisotopic (exact) mass is 435 g/mol. The zero-order valence-electron chi connectivity index (χ0n) is 12.0. The van der Waals surface area contributed by atoms with Crippen molar-refractivity contribution in [2.45, 2.75) is 13.1 Å². The highest BCUT2D eigenvalue weighted by Gasteiger charge is 2.30. The fourth-order valence-corrected chi connectivity index (χ4v) is 2.45. The second-order valence-electron chi connectivity index (χ2n) is 4.78. The Morgan fingerprint density at radius 3 is 2.30 bits per heavy atom. The number of carbonyl (C=O) groups excluding carboxylic acids is 1. The van der Waals surface area contributed by atoms with E-state index in [1.807, 2.05) is 35.9 Å². The number of rotatable bonds is 3. The van der Waals surface area contributed by atoms with Crippen LogP contribution in [0.1, 0.15) is 11.1 Å².